The SMILES string of the molecule is C=CC[B-](OC)([C@@H]1C[C@@H]2C[C@H]([C@H]1C)C2(C)C)[C@@H]1C[C@@H]2C[C@H]([C@H]1C)C2(C)C. The Morgan fingerprint density at radius 1 is 0.885 bits per heavy atom. The van der Waals surface area contributed by atoms with Crippen LogP contribution >= 0.6 is 0 Å². The molecule has 1 nitrogen and oxygen atoms in total. The van der Waals surface area contributed by atoms with Crippen molar-refractivity contribution < 1.29 is 4.65 Å². The largest absolute Gasteiger partial charge is 0.592 e. The van der Waals surface area contributed by atoms with Crippen molar-refractivity contribution in [3.63, 3.8) is 0 Å². The maximum Gasteiger partial charge on any atom is 0.123 e. The lowest BCUT2D eigenvalue weighted by Crippen LogP contribution is -2.65. The average molecular weight is 357 g/mol. The van der Waals surface area contributed by atoms with Gasteiger partial charge in [0.1, 0.15) is 6.35 Å². The van der Waals surface area contributed by atoms with Gasteiger partial charge in [-0.3, -0.25) is 0 Å². The Labute approximate surface area is 162 Å². The number of fused-ring (bicyclic) bond motifs is 4. The minimum atomic E-state index is -0.829. The summed E-state index contributed by atoms with van der Waals surface area (Å²) in [5, 5.41) is 0. The minimum Gasteiger partial charge on any atom is -0.592 e. The zero-order chi connectivity index (χ0) is 19.1. The molecule has 0 unspecified atom stereocenters. The van der Waals surface area contributed by atoms with Crippen molar-refractivity contribution in [2.24, 2.45) is 46.3 Å². The second-order valence-electron chi connectivity index (χ2n) is 12.1. The van der Waals surface area contributed by atoms with Crippen molar-refractivity contribution in [2.45, 2.75) is 85.2 Å². The van der Waals surface area contributed by atoms with E-state index in [0.29, 0.717) is 10.8 Å². The molecule has 6 rings (SSSR count). The molecule has 8 atom stereocenters. The Balaban J connectivity index is 1.66. The van der Waals surface area contributed by atoms with Crippen molar-refractivity contribution in [2.75, 3.05) is 7.11 Å². The van der Waals surface area contributed by atoms with Crippen molar-refractivity contribution >= 4 is 6.35 Å². The lowest BCUT2D eigenvalue weighted by Gasteiger charge is -2.72. The molecule has 0 aromatic rings. The van der Waals surface area contributed by atoms with E-state index in [2.05, 4.69) is 54.2 Å². The summed E-state index contributed by atoms with van der Waals surface area (Å²) in [6, 6.07) is 0. The fourth-order valence-electron chi connectivity index (χ4n) is 9.24. The van der Waals surface area contributed by atoms with E-state index in [0.717, 1.165) is 53.5 Å². The summed E-state index contributed by atoms with van der Waals surface area (Å²) >= 11 is 0. The number of hydrogen-bond acceptors (Lipinski definition) is 1. The fraction of sp³-hybridized carbons (Fsp3) is 0.917. The smallest absolute Gasteiger partial charge is 0.123 e. The highest BCUT2D eigenvalue weighted by Crippen LogP contribution is 2.72. The summed E-state index contributed by atoms with van der Waals surface area (Å²) in [5.74, 6) is 6.77. The van der Waals surface area contributed by atoms with Crippen LogP contribution in [-0.2, 0) is 4.65 Å². The molecule has 0 spiro atoms. The van der Waals surface area contributed by atoms with Gasteiger partial charge < -0.3 is 4.65 Å². The van der Waals surface area contributed by atoms with Gasteiger partial charge in [0.05, 0.1) is 0 Å². The molecular weight excluding hydrogens is 315 g/mol. The second-order valence-corrected chi connectivity index (χ2v) is 12.1. The van der Waals surface area contributed by atoms with Crippen LogP contribution in [0.5, 0.6) is 0 Å². The van der Waals surface area contributed by atoms with E-state index in [1.165, 1.54) is 25.7 Å². The highest BCUT2D eigenvalue weighted by atomic mass is 16.4. The molecule has 0 aliphatic heterocycles. The summed E-state index contributed by atoms with van der Waals surface area (Å²) < 4.78 is 6.66. The number of hydrogen-bond donors (Lipinski definition) is 0. The van der Waals surface area contributed by atoms with Gasteiger partial charge in [-0.1, -0.05) is 66.2 Å². The summed E-state index contributed by atoms with van der Waals surface area (Å²) in [6.07, 6.45) is 8.19. The van der Waals surface area contributed by atoms with Crippen LogP contribution < -0.4 is 0 Å². The molecule has 4 bridgehead atoms. The third kappa shape index (κ3) is 2.20. The minimum absolute atomic E-state index is 0.558. The van der Waals surface area contributed by atoms with Gasteiger partial charge in [0.15, 0.2) is 0 Å². The van der Waals surface area contributed by atoms with E-state index >= 15 is 0 Å². The third-order valence-electron chi connectivity index (χ3n) is 11.2. The molecule has 6 aliphatic rings. The molecule has 148 valence electrons. The zero-order valence-corrected chi connectivity index (χ0v) is 18.4. The normalized spacial score (nSPS) is 48.3. The summed E-state index contributed by atoms with van der Waals surface area (Å²) in [4.78, 5) is 0. The van der Waals surface area contributed by atoms with Crippen LogP contribution in [0, 0.1) is 46.3 Å². The van der Waals surface area contributed by atoms with Crippen molar-refractivity contribution in [3.8, 4) is 0 Å². The zero-order valence-electron chi connectivity index (χ0n) is 18.4. The predicted octanol–water partition coefficient (Wildman–Crippen LogP) is 6.91. The summed E-state index contributed by atoms with van der Waals surface area (Å²) in [5.41, 5.74) is 1.12. The molecular formula is C24H42BO-. The Bertz CT molecular complexity index is 537. The first-order chi connectivity index (χ1) is 12.1. The van der Waals surface area contributed by atoms with Crippen molar-refractivity contribution in [1.29, 1.82) is 0 Å². The molecule has 26 heavy (non-hydrogen) atoms. The first kappa shape index (κ1) is 19.1. The van der Waals surface area contributed by atoms with E-state index in [9.17, 15) is 0 Å². The van der Waals surface area contributed by atoms with Crippen LogP contribution in [0.2, 0.25) is 18.0 Å². The van der Waals surface area contributed by atoms with E-state index in [-0.39, 0.29) is 0 Å². The Morgan fingerprint density at radius 2 is 1.31 bits per heavy atom. The Kier molecular flexibility index (Phi) is 4.32. The van der Waals surface area contributed by atoms with Crippen LogP contribution in [0.1, 0.15) is 67.2 Å². The molecule has 6 aliphatic carbocycles. The maximum atomic E-state index is 6.66. The van der Waals surface area contributed by atoms with Gasteiger partial charge in [-0.05, 0) is 54.5 Å². The summed E-state index contributed by atoms with van der Waals surface area (Å²) in [6.45, 7) is 19.4. The topological polar surface area (TPSA) is 9.23 Å². The van der Waals surface area contributed by atoms with E-state index in [1.807, 2.05) is 7.11 Å². The molecule has 0 amide bonds. The third-order valence-corrected chi connectivity index (χ3v) is 11.2. The summed E-state index contributed by atoms with van der Waals surface area (Å²) in [7, 11) is 2.04. The molecule has 0 aromatic heterocycles. The van der Waals surface area contributed by atoms with Crippen molar-refractivity contribution in [3.05, 3.63) is 12.7 Å². The highest BCUT2D eigenvalue weighted by Gasteiger charge is 2.63. The number of allylic oxidation sites excluding steroid dienone is 1. The molecule has 0 heterocycles. The monoisotopic (exact) mass is 357 g/mol. The average Bonchev–Trinajstić information content (AvgIpc) is 2.59. The number of rotatable bonds is 5. The quantitative estimate of drug-likeness (QED) is 0.384. The van der Waals surface area contributed by atoms with E-state index < -0.39 is 6.35 Å². The van der Waals surface area contributed by atoms with Crippen LogP contribution in [0.4, 0.5) is 0 Å². The van der Waals surface area contributed by atoms with Gasteiger partial charge in [0.2, 0.25) is 0 Å². The first-order valence-electron chi connectivity index (χ1n) is 11.4. The van der Waals surface area contributed by atoms with Crippen molar-refractivity contribution in [1.82, 2.24) is 0 Å². The molecule has 0 radical (unpaired) electrons. The molecule has 0 N–H and O–H groups in total. The lowest BCUT2D eigenvalue weighted by molar-refractivity contribution is -0.113. The van der Waals surface area contributed by atoms with Gasteiger partial charge in [-0.2, -0.15) is 0 Å². The molecule has 0 aromatic carbocycles. The highest BCUT2D eigenvalue weighted by molar-refractivity contribution is 6.77. The van der Waals surface area contributed by atoms with Crippen LogP contribution in [-0.4, -0.2) is 13.5 Å². The van der Waals surface area contributed by atoms with E-state index in [1.54, 1.807) is 0 Å². The Morgan fingerprint density at radius 3 is 1.58 bits per heavy atom. The molecule has 6 saturated carbocycles. The Hall–Kier alpha value is -0.235. The van der Waals surface area contributed by atoms with E-state index in [4.69, 9.17) is 4.65 Å². The fourth-order valence-corrected chi connectivity index (χ4v) is 9.24. The standard InChI is InChI=1S/C24H42BO/c1-9-10-25(26-8,21-13-17-11-19(15(21)2)23(17,4)5)22-14-18-12-20(16(22)3)24(18,6)7/h9,15-22H,1,10-14H2,2-8H3/q-1/t15-,16-,17+,18+,19-,20-,21-,22-/m1/s1. The van der Waals surface area contributed by atoms with Gasteiger partial charge in [0, 0.05) is 0 Å². The maximum absolute atomic E-state index is 6.66. The first-order valence-corrected chi connectivity index (χ1v) is 11.4. The molecule has 6 fully saturated rings. The second kappa shape index (κ2) is 5.88. The molecule has 2 heteroatoms. The van der Waals surface area contributed by atoms with Crippen LogP contribution in [0.3, 0.4) is 0 Å². The lowest BCUT2D eigenvalue weighted by atomic mass is 9.15. The van der Waals surface area contributed by atoms with Gasteiger partial charge >= 0.3 is 0 Å². The predicted molar refractivity (Wildman–Crippen MR) is 114 cm³/mol. The van der Waals surface area contributed by atoms with Gasteiger partial charge in [0.25, 0.3) is 0 Å². The molecule has 0 saturated heterocycles. The van der Waals surface area contributed by atoms with Crippen LogP contribution in [0.15, 0.2) is 12.7 Å². The van der Waals surface area contributed by atoms with Crippen LogP contribution in [0.25, 0.3) is 0 Å². The van der Waals surface area contributed by atoms with Gasteiger partial charge in [-0.15, -0.1) is 30.6 Å². The van der Waals surface area contributed by atoms with Gasteiger partial charge in [-0.25, -0.2) is 0 Å².